The van der Waals surface area contributed by atoms with Gasteiger partial charge in [-0.25, -0.2) is 4.98 Å². The Morgan fingerprint density at radius 2 is 2.15 bits per heavy atom. The molecule has 2 atom stereocenters. The van der Waals surface area contributed by atoms with Crippen LogP contribution in [0.2, 0.25) is 0 Å². The third kappa shape index (κ3) is 1.62. The van der Waals surface area contributed by atoms with Crippen molar-refractivity contribution in [3.8, 4) is 5.75 Å². The number of aromatic nitrogens is 2. The van der Waals surface area contributed by atoms with Crippen LogP contribution in [0.3, 0.4) is 0 Å². The summed E-state index contributed by atoms with van der Waals surface area (Å²) in [5.41, 5.74) is 8.26. The number of hydrogen-bond acceptors (Lipinski definition) is 4. The van der Waals surface area contributed by atoms with E-state index in [9.17, 15) is 0 Å². The summed E-state index contributed by atoms with van der Waals surface area (Å²) in [6, 6.07) is 7.06. The fourth-order valence-corrected chi connectivity index (χ4v) is 3.92. The van der Waals surface area contributed by atoms with Gasteiger partial charge in [-0.05, 0) is 37.9 Å². The molecule has 2 fully saturated rings. The first kappa shape index (κ1) is 12.0. The molecule has 2 saturated heterocycles. The number of fused-ring (bicyclic) bond motifs is 2. The summed E-state index contributed by atoms with van der Waals surface area (Å²) in [5.74, 6) is 1.49. The van der Waals surface area contributed by atoms with Gasteiger partial charge in [0.2, 0.25) is 5.95 Å². The van der Waals surface area contributed by atoms with Crippen molar-refractivity contribution in [1.82, 2.24) is 14.5 Å². The standard InChI is InChI=1S/C15H20N4O/c1-20-10-4-5-11-14(9-10)19(15(16)17-11)13-6-8-18-7-2-3-12(13)18/h4-5,9,12-13H,2-3,6-8H2,1H3,(H2,16,17). The van der Waals surface area contributed by atoms with Crippen LogP contribution in [0.5, 0.6) is 5.75 Å². The molecule has 20 heavy (non-hydrogen) atoms. The maximum Gasteiger partial charge on any atom is 0.201 e. The lowest BCUT2D eigenvalue weighted by atomic mass is 10.1. The van der Waals surface area contributed by atoms with Crippen molar-refractivity contribution in [1.29, 1.82) is 0 Å². The summed E-state index contributed by atoms with van der Waals surface area (Å²) in [6.45, 7) is 2.41. The third-order valence-electron chi connectivity index (χ3n) is 4.83. The number of nitrogens with two attached hydrogens (primary N) is 1. The predicted molar refractivity (Wildman–Crippen MR) is 78.9 cm³/mol. The number of hydrogen-bond donors (Lipinski definition) is 1. The quantitative estimate of drug-likeness (QED) is 0.909. The Labute approximate surface area is 118 Å². The Morgan fingerprint density at radius 3 is 3.00 bits per heavy atom. The molecular formula is C15H20N4O. The average molecular weight is 272 g/mol. The number of rotatable bonds is 2. The second-order valence-corrected chi connectivity index (χ2v) is 5.80. The molecule has 2 aliphatic heterocycles. The summed E-state index contributed by atoms with van der Waals surface area (Å²) >= 11 is 0. The minimum atomic E-state index is 0.453. The number of ether oxygens (including phenoxy) is 1. The van der Waals surface area contributed by atoms with Crippen molar-refractivity contribution in [3.05, 3.63) is 18.2 Å². The summed E-state index contributed by atoms with van der Waals surface area (Å²) in [6.07, 6.45) is 3.74. The van der Waals surface area contributed by atoms with Crippen LogP contribution in [0.1, 0.15) is 25.3 Å². The van der Waals surface area contributed by atoms with Crippen molar-refractivity contribution in [3.63, 3.8) is 0 Å². The van der Waals surface area contributed by atoms with Gasteiger partial charge >= 0.3 is 0 Å². The molecule has 2 aromatic rings. The van der Waals surface area contributed by atoms with E-state index in [-0.39, 0.29) is 0 Å². The van der Waals surface area contributed by atoms with E-state index in [0.717, 1.165) is 23.2 Å². The lowest BCUT2D eigenvalue weighted by Gasteiger charge is -2.23. The van der Waals surface area contributed by atoms with Crippen LogP contribution in [-0.4, -0.2) is 40.7 Å². The summed E-state index contributed by atoms with van der Waals surface area (Å²) in [4.78, 5) is 7.11. The highest BCUT2D eigenvalue weighted by Crippen LogP contribution is 2.39. The topological polar surface area (TPSA) is 56.3 Å². The van der Waals surface area contributed by atoms with E-state index >= 15 is 0 Å². The highest BCUT2D eigenvalue weighted by Gasteiger charge is 2.39. The first-order chi connectivity index (χ1) is 9.78. The molecule has 1 aromatic carbocycles. The van der Waals surface area contributed by atoms with Gasteiger partial charge in [0.15, 0.2) is 0 Å². The fraction of sp³-hybridized carbons (Fsp3) is 0.533. The minimum absolute atomic E-state index is 0.453. The normalized spacial score (nSPS) is 26.2. The Hall–Kier alpha value is -1.75. The lowest BCUT2D eigenvalue weighted by molar-refractivity contribution is 0.293. The van der Waals surface area contributed by atoms with Gasteiger partial charge in [-0.15, -0.1) is 0 Å². The van der Waals surface area contributed by atoms with Crippen LogP contribution < -0.4 is 10.5 Å². The molecule has 0 amide bonds. The first-order valence-electron chi connectivity index (χ1n) is 7.33. The Bertz CT molecular complexity index is 651. The molecule has 2 unspecified atom stereocenters. The molecule has 0 radical (unpaired) electrons. The molecule has 0 bridgehead atoms. The van der Waals surface area contributed by atoms with E-state index in [1.165, 1.54) is 25.9 Å². The number of imidazole rings is 1. The molecule has 4 rings (SSSR count). The van der Waals surface area contributed by atoms with Gasteiger partial charge < -0.3 is 15.0 Å². The van der Waals surface area contributed by atoms with Crippen LogP contribution in [0.4, 0.5) is 5.95 Å². The van der Waals surface area contributed by atoms with Gasteiger partial charge in [-0.1, -0.05) is 0 Å². The van der Waals surface area contributed by atoms with E-state index in [0.29, 0.717) is 18.0 Å². The van der Waals surface area contributed by atoms with E-state index in [4.69, 9.17) is 10.5 Å². The smallest absolute Gasteiger partial charge is 0.201 e. The monoisotopic (exact) mass is 272 g/mol. The van der Waals surface area contributed by atoms with Crippen LogP contribution >= 0.6 is 0 Å². The van der Waals surface area contributed by atoms with Crippen LogP contribution in [0.15, 0.2) is 18.2 Å². The number of methoxy groups -OCH3 is 1. The largest absolute Gasteiger partial charge is 0.497 e. The Balaban J connectivity index is 1.84. The van der Waals surface area contributed by atoms with Crippen molar-refractivity contribution >= 4 is 17.0 Å². The number of nitrogen functional groups attached to an aromatic ring is 1. The van der Waals surface area contributed by atoms with Crippen LogP contribution in [0.25, 0.3) is 11.0 Å². The molecule has 106 valence electrons. The summed E-state index contributed by atoms with van der Waals surface area (Å²) in [5, 5.41) is 0. The maximum atomic E-state index is 6.20. The molecule has 0 saturated carbocycles. The summed E-state index contributed by atoms with van der Waals surface area (Å²) < 4.78 is 7.57. The molecule has 1 aromatic heterocycles. The zero-order valence-corrected chi connectivity index (χ0v) is 11.7. The maximum absolute atomic E-state index is 6.20. The molecule has 2 N–H and O–H groups in total. The second-order valence-electron chi connectivity index (χ2n) is 5.80. The van der Waals surface area contributed by atoms with E-state index < -0.39 is 0 Å². The van der Waals surface area contributed by atoms with Crippen molar-refractivity contribution in [2.75, 3.05) is 25.9 Å². The highest BCUT2D eigenvalue weighted by atomic mass is 16.5. The van der Waals surface area contributed by atoms with Crippen LogP contribution in [0, 0.1) is 0 Å². The van der Waals surface area contributed by atoms with Gasteiger partial charge in [0, 0.05) is 18.7 Å². The zero-order valence-electron chi connectivity index (χ0n) is 11.7. The van der Waals surface area contributed by atoms with E-state index in [1.807, 2.05) is 12.1 Å². The van der Waals surface area contributed by atoms with E-state index in [1.54, 1.807) is 7.11 Å². The first-order valence-corrected chi connectivity index (χ1v) is 7.33. The minimum Gasteiger partial charge on any atom is -0.497 e. The number of anilines is 1. The SMILES string of the molecule is COc1ccc2nc(N)n(C3CCN4CCCC34)c2c1. The molecule has 0 spiro atoms. The van der Waals surface area contributed by atoms with Gasteiger partial charge in [-0.3, -0.25) is 4.90 Å². The van der Waals surface area contributed by atoms with Gasteiger partial charge in [0.25, 0.3) is 0 Å². The summed E-state index contributed by atoms with van der Waals surface area (Å²) in [7, 11) is 1.69. The molecule has 2 aliphatic rings. The molecular weight excluding hydrogens is 252 g/mol. The Kier molecular flexibility index (Phi) is 2.63. The van der Waals surface area contributed by atoms with Crippen molar-refractivity contribution < 1.29 is 4.74 Å². The molecule has 5 nitrogen and oxygen atoms in total. The Morgan fingerprint density at radius 1 is 1.25 bits per heavy atom. The van der Waals surface area contributed by atoms with E-state index in [2.05, 4.69) is 20.5 Å². The highest BCUT2D eigenvalue weighted by molar-refractivity contribution is 5.80. The zero-order chi connectivity index (χ0) is 13.7. The fourth-order valence-electron chi connectivity index (χ4n) is 3.92. The molecule has 0 aliphatic carbocycles. The van der Waals surface area contributed by atoms with Crippen molar-refractivity contribution in [2.24, 2.45) is 0 Å². The second kappa shape index (κ2) is 4.38. The van der Waals surface area contributed by atoms with Crippen molar-refractivity contribution in [2.45, 2.75) is 31.3 Å². The number of nitrogens with zero attached hydrogens (tertiary/aromatic N) is 3. The molecule has 5 heteroatoms. The average Bonchev–Trinajstić information content (AvgIpc) is 3.11. The third-order valence-corrected chi connectivity index (χ3v) is 4.83. The van der Waals surface area contributed by atoms with Gasteiger partial charge in [-0.2, -0.15) is 0 Å². The predicted octanol–water partition coefficient (Wildman–Crippen LogP) is 2.04. The number of benzene rings is 1. The lowest BCUT2D eigenvalue weighted by Crippen LogP contribution is -2.28. The molecule has 3 heterocycles. The van der Waals surface area contributed by atoms with Gasteiger partial charge in [0.1, 0.15) is 5.75 Å². The van der Waals surface area contributed by atoms with Gasteiger partial charge in [0.05, 0.1) is 24.2 Å². The van der Waals surface area contributed by atoms with Crippen LogP contribution in [-0.2, 0) is 0 Å².